The molecule has 1 aromatic heterocycles. The third kappa shape index (κ3) is 13.9. The van der Waals surface area contributed by atoms with Gasteiger partial charge in [-0.2, -0.15) is 0 Å². The summed E-state index contributed by atoms with van der Waals surface area (Å²) in [6.07, 6.45) is 14.7. The van der Waals surface area contributed by atoms with Crippen LogP contribution in [0.25, 0.3) is 5.70 Å². The van der Waals surface area contributed by atoms with E-state index in [1.165, 1.54) is 0 Å². The highest BCUT2D eigenvalue weighted by molar-refractivity contribution is 6.03. The van der Waals surface area contributed by atoms with Gasteiger partial charge in [-0.25, -0.2) is 0 Å². The van der Waals surface area contributed by atoms with Crippen LogP contribution in [0.15, 0.2) is 115 Å². The van der Waals surface area contributed by atoms with Crippen molar-refractivity contribution in [3.8, 4) is 0 Å². The van der Waals surface area contributed by atoms with Crippen LogP contribution in [-0.2, 0) is 9.59 Å². The van der Waals surface area contributed by atoms with Gasteiger partial charge in [0.15, 0.2) is 0 Å². The summed E-state index contributed by atoms with van der Waals surface area (Å²) in [5, 5.41) is 6.08. The van der Waals surface area contributed by atoms with Crippen LogP contribution >= 0.6 is 0 Å². The van der Waals surface area contributed by atoms with E-state index in [1.807, 2.05) is 88.2 Å². The van der Waals surface area contributed by atoms with Gasteiger partial charge >= 0.3 is 0 Å². The first-order chi connectivity index (χ1) is 21.7. The highest BCUT2D eigenvalue weighted by Gasteiger charge is 2.36. The highest BCUT2D eigenvalue weighted by Crippen LogP contribution is 2.28. The molecule has 1 fully saturated rings. The largest absolute Gasteiger partial charge is 0.383 e. The Hall–Kier alpha value is -4.83. The van der Waals surface area contributed by atoms with Gasteiger partial charge in [-0.15, -0.1) is 11.5 Å². The molecule has 0 bridgehead atoms. The minimum absolute atomic E-state index is 0. The number of pyridine rings is 1. The molecule has 0 unspecified atom stereocenters. The van der Waals surface area contributed by atoms with Crippen LogP contribution < -0.4 is 10.6 Å². The Bertz CT molecular complexity index is 1450. The van der Waals surface area contributed by atoms with Crippen LogP contribution in [0, 0.1) is 6.92 Å². The average molecular weight is 630 g/mol. The van der Waals surface area contributed by atoms with Gasteiger partial charge in [-0.05, 0) is 69.9 Å². The first kappa shape index (κ1) is 41.2. The van der Waals surface area contributed by atoms with E-state index < -0.39 is 0 Å². The van der Waals surface area contributed by atoms with Gasteiger partial charge in [0.05, 0.1) is 17.1 Å². The number of nitrogens with one attached hydrogen (secondary N) is 2. The maximum absolute atomic E-state index is 12.1. The molecule has 46 heavy (non-hydrogen) atoms. The summed E-state index contributed by atoms with van der Waals surface area (Å²) in [5.74, 6) is -0.0587. The van der Waals surface area contributed by atoms with Crippen LogP contribution in [0.5, 0.6) is 0 Å². The number of amides is 2. The molecule has 1 saturated heterocycles. The van der Waals surface area contributed by atoms with E-state index in [-0.39, 0.29) is 20.2 Å². The highest BCUT2D eigenvalue weighted by atomic mass is 16.2. The maximum atomic E-state index is 12.1. The van der Waals surface area contributed by atoms with E-state index in [0.717, 1.165) is 28.7 Å². The Morgan fingerprint density at radius 2 is 1.83 bits per heavy atom. The summed E-state index contributed by atoms with van der Waals surface area (Å²) < 4.78 is 0. The lowest BCUT2D eigenvalue weighted by atomic mass is 10.0. The molecule has 1 aliphatic heterocycles. The fourth-order valence-electron chi connectivity index (χ4n) is 4.24. The van der Waals surface area contributed by atoms with E-state index in [9.17, 15) is 9.59 Å². The van der Waals surface area contributed by atoms with Gasteiger partial charge in [0.2, 0.25) is 5.91 Å². The van der Waals surface area contributed by atoms with Gasteiger partial charge in [0.25, 0.3) is 5.91 Å². The van der Waals surface area contributed by atoms with Crippen LogP contribution in [0.2, 0.25) is 0 Å². The molecule has 252 valence electrons. The molecular formula is C39H59N5O2. The van der Waals surface area contributed by atoms with Crippen LogP contribution in [-0.4, -0.2) is 59.3 Å². The topological polar surface area (TPSA) is 77.6 Å². The zero-order chi connectivity index (χ0) is 35.4. The Morgan fingerprint density at radius 1 is 1.17 bits per heavy atom. The zero-order valence-electron chi connectivity index (χ0n) is 29.6. The molecule has 2 heterocycles. The Balaban J connectivity index is -0.000000842. The number of hydrogen-bond acceptors (Lipinski definition) is 5. The number of hydrogen-bond donors (Lipinski definition) is 2. The summed E-state index contributed by atoms with van der Waals surface area (Å²) in [7, 11) is 3.96. The van der Waals surface area contributed by atoms with Crippen molar-refractivity contribution in [2.75, 3.05) is 32.5 Å². The molecule has 2 rings (SSSR count). The number of aryl methyl sites for hydroxylation is 1. The number of rotatable bonds is 13. The number of likely N-dealkylation sites (tertiary alicyclic amines) is 1. The van der Waals surface area contributed by atoms with Crippen molar-refractivity contribution in [2.45, 2.75) is 66.8 Å². The van der Waals surface area contributed by atoms with E-state index in [0.29, 0.717) is 42.2 Å². The normalized spacial score (nSPS) is 13.6. The maximum Gasteiger partial charge on any atom is 0.250 e. The molecule has 0 aromatic carbocycles. The molecule has 2 amide bonds. The molecule has 1 aliphatic rings. The SMILES string of the molecule is C=C=C(C)/C=C(\C=C/C=C)C(/C=C)=C/N(C)C.C=C=C(NCCN1C(=O)CCC1(C)C)c1cnc(C)c(NC(=O)C(=C)C)c1.CC.[HH].[HH]. The Labute approximate surface area is 281 Å². The fourth-order valence-corrected chi connectivity index (χ4v) is 4.24. The fraction of sp³-hybridized carbons (Fsp3) is 0.359. The smallest absolute Gasteiger partial charge is 0.250 e. The molecule has 1 aromatic rings. The average Bonchev–Trinajstić information content (AvgIpc) is 3.29. The molecule has 0 radical (unpaired) electrons. The quantitative estimate of drug-likeness (QED) is 0.130. The number of nitrogens with zero attached hydrogens (tertiary/aromatic N) is 3. The molecule has 0 atom stereocenters. The van der Waals surface area contributed by atoms with Crippen molar-refractivity contribution in [1.82, 2.24) is 20.1 Å². The molecule has 0 aliphatic carbocycles. The van der Waals surface area contributed by atoms with Crippen molar-refractivity contribution < 1.29 is 12.4 Å². The zero-order valence-corrected chi connectivity index (χ0v) is 29.6. The van der Waals surface area contributed by atoms with Gasteiger partial charge in [-0.3, -0.25) is 14.6 Å². The van der Waals surface area contributed by atoms with E-state index in [4.69, 9.17) is 0 Å². The number of carbonyl (C=O) groups excluding carboxylic acids is 2. The Morgan fingerprint density at radius 3 is 2.30 bits per heavy atom. The lowest BCUT2D eigenvalue weighted by molar-refractivity contribution is -0.130. The third-order valence-corrected chi connectivity index (χ3v) is 6.82. The third-order valence-electron chi connectivity index (χ3n) is 6.82. The van der Waals surface area contributed by atoms with E-state index in [2.05, 4.69) is 73.8 Å². The molecule has 0 saturated carbocycles. The predicted octanol–water partition coefficient (Wildman–Crippen LogP) is 8.56. The van der Waals surface area contributed by atoms with Crippen molar-refractivity contribution >= 4 is 23.2 Å². The van der Waals surface area contributed by atoms with Gasteiger partial charge in [0.1, 0.15) is 0 Å². The summed E-state index contributed by atoms with van der Waals surface area (Å²) >= 11 is 0. The van der Waals surface area contributed by atoms with Crippen molar-refractivity contribution in [1.29, 1.82) is 0 Å². The lowest BCUT2D eigenvalue weighted by Crippen LogP contribution is -2.44. The number of carbonyl (C=O) groups is 2. The first-order valence-electron chi connectivity index (χ1n) is 15.5. The molecular weight excluding hydrogens is 570 g/mol. The molecule has 7 nitrogen and oxygen atoms in total. The standard InChI is InChI=1S/C21H28N4O2.C16H21N.C2H6.2H2/c1-7-17(22-10-11-25-19(26)8-9-21(25,5)6)16-12-18(15(4)23-13-16)24-20(27)14(2)3;1-7-10-11-16(12-14(4)8-2)15(9-3)13-17(5)6;1-2;;/h12-13,22H,1-2,8-11H2,3-6H3,(H,24,27);7,9-13H,1-3H2,4-6H3;1-2H3;2*1H/b;11-10-,15-13+,16-12+;;;. The summed E-state index contributed by atoms with van der Waals surface area (Å²) in [6.45, 7) is 33.3. The minimum atomic E-state index is -0.246. The van der Waals surface area contributed by atoms with E-state index >= 15 is 0 Å². The second-order valence-corrected chi connectivity index (χ2v) is 11.2. The van der Waals surface area contributed by atoms with Crippen molar-refractivity contribution in [2.24, 2.45) is 0 Å². The lowest BCUT2D eigenvalue weighted by Gasteiger charge is -2.32. The van der Waals surface area contributed by atoms with Crippen molar-refractivity contribution in [3.63, 3.8) is 0 Å². The predicted molar refractivity (Wildman–Crippen MR) is 201 cm³/mol. The molecule has 0 spiro atoms. The Kier molecular flexibility index (Phi) is 18.8. The number of anilines is 1. The summed E-state index contributed by atoms with van der Waals surface area (Å²) in [6, 6.07) is 1.83. The van der Waals surface area contributed by atoms with Crippen molar-refractivity contribution in [3.05, 3.63) is 127 Å². The van der Waals surface area contributed by atoms with Gasteiger partial charge in [0, 0.05) is 65.5 Å². The number of aromatic nitrogens is 1. The van der Waals surface area contributed by atoms with E-state index in [1.54, 1.807) is 19.2 Å². The molecule has 7 heteroatoms. The summed E-state index contributed by atoms with van der Waals surface area (Å²) in [5.41, 5.74) is 11.9. The van der Waals surface area contributed by atoms with Crippen LogP contribution in [0.3, 0.4) is 0 Å². The number of allylic oxidation sites excluding steroid dienone is 8. The second-order valence-electron chi connectivity index (χ2n) is 11.2. The van der Waals surface area contributed by atoms with Gasteiger partial charge in [-0.1, -0.05) is 71.0 Å². The van der Waals surface area contributed by atoms with Crippen LogP contribution in [0.1, 0.15) is 68.5 Å². The minimum Gasteiger partial charge on any atom is -0.383 e. The first-order valence-corrected chi connectivity index (χ1v) is 15.5. The van der Waals surface area contributed by atoms with Gasteiger partial charge < -0.3 is 20.4 Å². The molecule has 2 N–H and O–H groups in total. The van der Waals surface area contributed by atoms with Crippen LogP contribution in [0.4, 0.5) is 5.69 Å². The summed E-state index contributed by atoms with van der Waals surface area (Å²) in [4.78, 5) is 32.2. The second kappa shape index (κ2) is 21.0. The monoisotopic (exact) mass is 629 g/mol.